The zero-order valence-corrected chi connectivity index (χ0v) is 14.5. The van der Waals surface area contributed by atoms with Crippen molar-refractivity contribution in [2.45, 2.75) is 58.7 Å². The van der Waals surface area contributed by atoms with Gasteiger partial charge in [0.15, 0.2) is 0 Å². The predicted octanol–water partition coefficient (Wildman–Crippen LogP) is 4.80. The first kappa shape index (κ1) is 16.3. The Hall–Kier alpha value is -1.10. The molecule has 5 heteroatoms. The van der Waals surface area contributed by atoms with E-state index in [1.807, 2.05) is 20.8 Å². The quantitative estimate of drug-likeness (QED) is 0.777. The van der Waals surface area contributed by atoms with E-state index in [9.17, 15) is 9.18 Å². The monoisotopic (exact) mass is 357 g/mol. The van der Waals surface area contributed by atoms with Crippen LogP contribution >= 0.6 is 15.9 Å². The molecule has 0 unspecified atom stereocenters. The van der Waals surface area contributed by atoms with Crippen LogP contribution in [-0.2, 0) is 11.3 Å². The van der Waals surface area contributed by atoms with Crippen molar-refractivity contribution in [1.82, 2.24) is 4.90 Å². The first-order chi connectivity index (χ1) is 9.67. The van der Waals surface area contributed by atoms with Crippen molar-refractivity contribution in [2.75, 3.05) is 0 Å². The maximum absolute atomic E-state index is 14.2. The number of amides is 1. The van der Waals surface area contributed by atoms with Gasteiger partial charge in [-0.1, -0.05) is 15.9 Å². The summed E-state index contributed by atoms with van der Waals surface area (Å²) in [6.45, 7) is 7.46. The first-order valence-corrected chi connectivity index (χ1v) is 7.91. The Bertz CT molecular complexity index is 550. The summed E-state index contributed by atoms with van der Waals surface area (Å²) < 4.78 is 20.5. The Kier molecular flexibility index (Phi) is 4.61. The molecule has 0 radical (unpaired) electrons. The average Bonchev–Trinajstić information content (AvgIpc) is 3.13. The Morgan fingerprint density at radius 3 is 2.57 bits per heavy atom. The van der Waals surface area contributed by atoms with E-state index in [2.05, 4.69) is 15.9 Å². The highest BCUT2D eigenvalue weighted by molar-refractivity contribution is 9.10. The number of ether oxygens (including phenoxy) is 1. The van der Waals surface area contributed by atoms with Crippen LogP contribution in [-0.4, -0.2) is 22.6 Å². The Labute approximate surface area is 133 Å². The zero-order chi connectivity index (χ0) is 15.8. The van der Waals surface area contributed by atoms with Gasteiger partial charge in [-0.25, -0.2) is 9.18 Å². The van der Waals surface area contributed by atoms with Crippen LogP contribution < -0.4 is 0 Å². The molecule has 3 nitrogen and oxygen atoms in total. The van der Waals surface area contributed by atoms with Gasteiger partial charge in [0.05, 0.1) is 6.54 Å². The van der Waals surface area contributed by atoms with E-state index in [-0.39, 0.29) is 24.5 Å². The van der Waals surface area contributed by atoms with Crippen LogP contribution in [0.1, 0.15) is 44.7 Å². The molecular formula is C16H21BrFNO2. The Balaban J connectivity index is 2.19. The maximum atomic E-state index is 14.2. The molecule has 1 aliphatic carbocycles. The summed E-state index contributed by atoms with van der Waals surface area (Å²) in [5.74, 6) is -0.257. The lowest BCUT2D eigenvalue weighted by Crippen LogP contribution is -2.38. The van der Waals surface area contributed by atoms with Crippen LogP contribution in [0.25, 0.3) is 0 Å². The molecule has 116 valence electrons. The van der Waals surface area contributed by atoms with Crippen molar-refractivity contribution in [3.63, 3.8) is 0 Å². The lowest BCUT2D eigenvalue weighted by Gasteiger charge is -2.27. The van der Waals surface area contributed by atoms with Gasteiger partial charge >= 0.3 is 6.09 Å². The van der Waals surface area contributed by atoms with E-state index in [0.717, 1.165) is 17.3 Å². The Morgan fingerprint density at radius 1 is 1.43 bits per heavy atom. The van der Waals surface area contributed by atoms with Gasteiger partial charge in [-0.3, -0.25) is 0 Å². The van der Waals surface area contributed by atoms with Gasteiger partial charge in [0.2, 0.25) is 0 Å². The molecule has 0 aliphatic heterocycles. The second-order valence-electron chi connectivity index (χ2n) is 6.54. The smallest absolute Gasteiger partial charge is 0.410 e. The number of carbonyl (C=O) groups is 1. The van der Waals surface area contributed by atoms with Crippen molar-refractivity contribution >= 4 is 22.0 Å². The van der Waals surface area contributed by atoms with Gasteiger partial charge in [-0.15, -0.1) is 0 Å². The van der Waals surface area contributed by atoms with Crippen molar-refractivity contribution in [1.29, 1.82) is 0 Å². The summed E-state index contributed by atoms with van der Waals surface area (Å²) in [5.41, 5.74) is 0.537. The molecule has 0 aromatic heterocycles. The number of nitrogens with zero attached hydrogens (tertiary/aromatic N) is 1. The Morgan fingerprint density at radius 2 is 2.05 bits per heavy atom. The molecule has 0 saturated heterocycles. The fourth-order valence-corrected chi connectivity index (χ4v) is 2.76. The number of aryl methyl sites for hydroxylation is 1. The second kappa shape index (κ2) is 5.95. The molecule has 21 heavy (non-hydrogen) atoms. The van der Waals surface area contributed by atoms with Crippen molar-refractivity contribution < 1.29 is 13.9 Å². The van der Waals surface area contributed by atoms with Crippen LogP contribution in [0.2, 0.25) is 0 Å². The summed E-state index contributed by atoms with van der Waals surface area (Å²) in [6, 6.07) is 3.62. The van der Waals surface area contributed by atoms with Crippen molar-refractivity contribution in [2.24, 2.45) is 0 Å². The number of rotatable bonds is 3. The zero-order valence-electron chi connectivity index (χ0n) is 12.9. The van der Waals surface area contributed by atoms with Gasteiger partial charge in [-0.05, 0) is 58.2 Å². The van der Waals surface area contributed by atoms with Gasteiger partial charge < -0.3 is 9.64 Å². The van der Waals surface area contributed by atoms with E-state index in [4.69, 9.17) is 4.74 Å². The number of hydrogen-bond donors (Lipinski definition) is 0. The molecule has 0 bridgehead atoms. The summed E-state index contributed by atoms with van der Waals surface area (Å²) in [7, 11) is 0. The van der Waals surface area contributed by atoms with E-state index >= 15 is 0 Å². The molecule has 0 heterocycles. The van der Waals surface area contributed by atoms with Crippen molar-refractivity contribution in [3.05, 3.63) is 33.5 Å². The van der Waals surface area contributed by atoms with E-state index in [1.54, 1.807) is 24.0 Å². The maximum Gasteiger partial charge on any atom is 0.410 e. The fraction of sp³-hybridized carbons (Fsp3) is 0.562. The lowest BCUT2D eigenvalue weighted by atomic mass is 10.1. The summed E-state index contributed by atoms with van der Waals surface area (Å²) in [5, 5.41) is 0. The van der Waals surface area contributed by atoms with Gasteiger partial charge in [0, 0.05) is 16.1 Å². The molecule has 1 aromatic carbocycles. The highest BCUT2D eigenvalue weighted by atomic mass is 79.9. The third kappa shape index (κ3) is 4.43. The second-order valence-corrected chi connectivity index (χ2v) is 7.45. The molecule has 1 aliphatic rings. The summed E-state index contributed by atoms with van der Waals surface area (Å²) in [4.78, 5) is 13.9. The topological polar surface area (TPSA) is 29.5 Å². The van der Waals surface area contributed by atoms with Gasteiger partial charge in [0.1, 0.15) is 11.4 Å². The van der Waals surface area contributed by atoms with E-state index < -0.39 is 5.60 Å². The summed E-state index contributed by atoms with van der Waals surface area (Å²) in [6.07, 6.45) is 1.53. The minimum absolute atomic E-state index is 0.165. The molecule has 2 rings (SSSR count). The predicted molar refractivity (Wildman–Crippen MR) is 83.6 cm³/mol. The van der Waals surface area contributed by atoms with Crippen LogP contribution in [0.15, 0.2) is 16.6 Å². The van der Waals surface area contributed by atoms with Gasteiger partial charge in [-0.2, -0.15) is 0 Å². The highest BCUT2D eigenvalue weighted by Gasteiger charge is 2.35. The van der Waals surface area contributed by atoms with Crippen molar-refractivity contribution in [3.8, 4) is 0 Å². The highest BCUT2D eigenvalue weighted by Crippen LogP contribution is 2.31. The molecule has 0 atom stereocenters. The number of carbonyl (C=O) groups excluding carboxylic acids is 1. The first-order valence-electron chi connectivity index (χ1n) is 7.11. The number of benzene rings is 1. The summed E-state index contributed by atoms with van der Waals surface area (Å²) >= 11 is 3.37. The molecule has 1 amide bonds. The molecule has 1 aromatic rings. The van der Waals surface area contributed by atoms with Crippen LogP contribution in [0.4, 0.5) is 9.18 Å². The fourth-order valence-electron chi connectivity index (χ4n) is 2.14. The molecule has 0 N–H and O–H groups in total. The minimum Gasteiger partial charge on any atom is -0.444 e. The SMILES string of the molecule is Cc1cc(Br)cc(CN(C(=O)OC(C)(C)C)C2CC2)c1F. The lowest BCUT2D eigenvalue weighted by molar-refractivity contribution is 0.0215. The van der Waals surface area contributed by atoms with Crippen LogP contribution in [0.3, 0.4) is 0 Å². The van der Waals surface area contributed by atoms with E-state index in [0.29, 0.717) is 11.1 Å². The largest absolute Gasteiger partial charge is 0.444 e. The third-order valence-corrected chi connectivity index (χ3v) is 3.71. The molecule has 1 saturated carbocycles. The van der Waals surface area contributed by atoms with E-state index in [1.165, 1.54) is 0 Å². The normalized spacial score (nSPS) is 15.0. The molecular weight excluding hydrogens is 337 g/mol. The third-order valence-electron chi connectivity index (χ3n) is 3.25. The number of hydrogen-bond acceptors (Lipinski definition) is 2. The number of halogens is 2. The van der Waals surface area contributed by atoms with Gasteiger partial charge in [0.25, 0.3) is 0 Å². The standard InChI is InChI=1S/C16H21BrFNO2/c1-10-7-12(17)8-11(14(10)18)9-19(13-5-6-13)15(20)21-16(2,3)4/h7-8,13H,5-6,9H2,1-4H3. The van der Waals surface area contributed by atoms with Crippen LogP contribution in [0.5, 0.6) is 0 Å². The minimum atomic E-state index is -0.546. The average molecular weight is 358 g/mol. The molecule has 1 fully saturated rings. The van der Waals surface area contributed by atoms with Crippen LogP contribution in [0, 0.1) is 12.7 Å². The molecule has 0 spiro atoms.